The predicted molar refractivity (Wildman–Crippen MR) is 71.4 cm³/mol. The maximum Gasteiger partial charge on any atom is 0.250 e. The van der Waals surface area contributed by atoms with Gasteiger partial charge in [-0.15, -0.1) is 0 Å². The van der Waals surface area contributed by atoms with Gasteiger partial charge in [0.2, 0.25) is 0 Å². The van der Waals surface area contributed by atoms with Crippen molar-refractivity contribution in [1.82, 2.24) is 9.47 Å². The first-order valence-electron chi connectivity index (χ1n) is 6.48. The average molecular weight is 251 g/mol. The van der Waals surface area contributed by atoms with Crippen LogP contribution in [0, 0.1) is 5.92 Å². The van der Waals surface area contributed by atoms with Gasteiger partial charge >= 0.3 is 0 Å². The third-order valence-corrected chi connectivity index (χ3v) is 3.51. The van der Waals surface area contributed by atoms with Crippen LogP contribution >= 0.6 is 0 Å². The monoisotopic (exact) mass is 251 g/mol. The van der Waals surface area contributed by atoms with E-state index < -0.39 is 0 Å². The summed E-state index contributed by atoms with van der Waals surface area (Å²) in [6, 6.07) is 3.14. The van der Waals surface area contributed by atoms with Crippen molar-refractivity contribution in [2.45, 2.75) is 19.4 Å². The Morgan fingerprint density at radius 2 is 2.22 bits per heavy atom. The van der Waals surface area contributed by atoms with Crippen LogP contribution in [0.2, 0.25) is 0 Å². The maximum atomic E-state index is 11.6. The molecule has 1 fully saturated rings. The van der Waals surface area contributed by atoms with E-state index in [1.807, 2.05) is 0 Å². The summed E-state index contributed by atoms with van der Waals surface area (Å²) in [5, 5.41) is 9.07. The predicted octanol–water partition coefficient (Wildman–Crippen LogP) is 0.135. The van der Waals surface area contributed by atoms with E-state index in [0.29, 0.717) is 18.2 Å². The summed E-state index contributed by atoms with van der Waals surface area (Å²) in [5.41, 5.74) is 6.28. The van der Waals surface area contributed by atoms with Gasteiger partial charge in [-0.1, -0.05) is 0 Å². The highest BCUT2D eigenvalue weighted by Gasteiger charge is 2.20. The van der Waals surface area contributed by atoms with Crippen molar-refractivity contribution in [3.63, 3.8) is 0 Å². The topological polar surface area (TPSA) is 71.5 Å². The van der Waals surface area contributed by atoms with Gasteiger partial charge in [-0.25, -0.2) is 0 Å². The van der Waals surface area contributed by atoms with Crippen LogP contribution in [0.4, 0.5) is 5.69 Å². The smallest absolute Gasteiger partial charge is 0.250 e. The number of nitrogen functional groups attached to an aromatic ring is 1. The fourth-order valence-electron chi connectivity index (χ4n) is 2.45. The highest BCUT2D eigenvalue weighted by atomic mass is 16.3. The van der Waals surface area contributed by atoms with E-state index in [0.717, 1.165) is 32.5 Å². The van der Waals surface area contributed by atoms with Crippen LogP contribution < -0.4 is 11.3 Å². The lowest BCUT2D eigenvalue weighted by Gasteiger charge is -2.15. The summed E-state index contributed by atoms with van der Waals surface area (Å²) < 4.78 is 1.66. The molecule has 2 heterocycles. The molecule has 0 spiro atoms. The Bertz CT molecular complexity index is 444. The number of nitrogens with two attached hydrogens (primary N) is 1. The lowest BCUT2D eigenvalue weighted by molar-refractivity contribution is 0.220. The van der Waals surface area contributed by atoms with Crippen molar-refractivity contribution in [2.24, 2.45) is 5.92 Å². The van der Waals surface area contributed by atoms with E-state index in [2.05, 4.69) is 4.90 Å². The lowest BCUT2D eigenvalue weighted by atomic mass is 10.1. The molecule has 5 heteroatoms. The molecule has 0 radical (unpaired) electrons. The van der Waals surface area contributed by atoms with Crippen LogP contribution in [0.15, 0.2) is 23.1 Å². The summed E-state index contributed by atoms with van der Waals surface area (Å²) in [6.45, 7) is 3.98. The van der Waals surface area contributed by atoms with E-state index in [-0.39, 0.29) is 12.2 Å². The minimum Gasteiger partial charge on any atom is -0.398 e. The second kappa shape index (κ2) is 6.02. The van der Waals surface area contributed by atoms with Crippen molar-refractivity contribution in [2.75, 3.05) is 32.0 Å². The zero-order valence-electron chi connectivity index (χ0n) is 10.6. The van der Waals surface area contributed by atoms with E-state index in [1.54, 1.807) is 16.8 Å². The number of rotatable bonds is 5. The molecule has 1 unspecified atom stereocenters. The molecule has 100 valence electrons. The van der Waals surface area contributed by atoms with E-state index in [4.69, 9.17) is 10.8 Å². The second-order valence-corrected chi connectivity index (χ2v) is 4.99. The van der Waals surface area contributed by atoms with Gasteiger partial charge in [-0.3, -0.25) is 4.79 Å². The van der Waals surface area contributed by atoms with Crippen molar-refractivity contribution in [1.29, 1.82) is 0 Å². The molecule has 5 nitrogen and oxygen atoms in total. The maximum absolute atomic E-state index is 11.6. The third kappa shape index (κ3) is 3.34. The van der Waals surface area contributed by atoms with Gasteiger partial charge in [0.15, 0.2) is 0 Å². The van der Waals surface area contributed by atoms with E-state index >= 15 is 0 Å². The summed E-state index contributed by atoms with van der Waals surface area (Å²) in [6.07, 6.45) is 3.71. The number of hydrogen-bond donors (Lipinski definition) is 2. The van der Waals surface area contributed by atoms with Gasteiger partial charge in [0.1, 0.15) is 0 Å². The minimum absolute atomic E-state index is 0.00106. The van der Waals surface area contributed by atoms with Crippen LogP contribution in [0.3, 0.4) is 0 Å². The van der Waals surface area contributed by atoms with Crippen molar-refractivity contribution < 1.29 is 5.11 Å². The number of aryl methyl sites for hydroxylation is 1. The highest BCUT2D eigenvalue weighted by molar-refractivity contribution is 5.33. The van der Waals surface area contributed by atoms with E-state index in [9.17, 15) is 4.79 Å². The molecule has 1 aromatic rings. The second-order valence-electron chi connectivity index (χ2n) is 4.99. The van der Waals surface area contributed by atoms with Crippen LogP contribution in [0.5, 0.6) is 0 Å². The van der Waals surface area contributed by atoms with Gasteiger partial charge in [0, 0.05) is 37.6 Å². The molecular formula is C13H21N3O2. The normalized spacial score (nSPS) is 20.4. The number of hydrogen-bond acceptors (Lipinski definition) is 4. The summed E-state index contributed by atoms with van der Waals surface area (Å²) >= 11 is 0. The Balaban J connectivity index is 1.79. The molecule has 0 aliphatic carbocycles. The standard InChI is InChI=1S/C13H21N3O2/c14-12-2-3-13(18)16(9-12)6-1-5-15-7-4-11(8-15)10-17/h2-3,9,11,17H,1,4-8,10,14H2. The molecule has 3 N–H and O–H groups in total. The number of pyridine rings is 1. The Morgan fingerprint density at radius 1 is 1.39 bits per heavy atom. The number of aliphatic hydroxyl groups is 1. The number of aromatic nitrogens is 1. The van der Waals surface area contributed by atoms with Crippen LogP contribution in [0.1, 0.15) is 12.8 Å². The fraction of sp³-hybridized carbons (Fsp3) is 0.615. The first-order valence-corrected chi connectivity index (χ1v) is 6.48. The van der Waals surface area contributed by atoms with Gasteiger partial charge < -0.3 is 20.3 Å². The van der Waals surface area contributed by atoms with Gasteiger partial charge in [-0.2, -0.15) is 0 Å². The number of likely N-dealkylation sites (tertiary alicyclic amines) is 1. The van der Waals surface area contributed by atoms with Crippen LogP contribution in [-0.2, 0) is 6.54 Å². The van der Waals surface area contributed by atoms with Crippen molar-refractivity contribution >= 4 is 5.69 Å². The Kier molecular flexibility index (Phi) is 4.38. The average Bonchev–Trinajstić information content (AvgIpc) is 2.81. The highest BCUT2D eigenvalue weighted by Crippen LogP contribution is 2.15. The summed E-state index contributed by atoms with van der Waals surface area (Å²) in [5.74, 6) is 0.431. The number of anilines is 1. The lowest BCUT2D eigenvalue weighted by Crippen LogP contribution is -2.25. The van der Waals surface area contributed by atoms with Crippen molar-refractivity contribution in [3.8, 4) is 0 Å². The van der Waals surface area contributed by atoms with Gasteiger partial charge in [-0.05, 0) is 37.9 Å². The summed E-state index contributed by atoms with van der Waals surface area (Å²) in [7, 11) is 0. The first-order chi connectivity index (χ1) is 8.69. The molecule has 1 aliphatic heterocycles. The van der Waals surface area contributed by atoms with Crippen LogP contribution in [-0.4, -0.2) is 40.8 Å². The van der Waals surface area contributed by atoms with Crippen LogP contribution in [0.25, 0.3) is 0 Å². The third-order valence-electron chi connectivity index (χ3n) is 3.51. The Hall–Kier alpha value is -1.33. The molecular weight excluding hydrogens is 230 g/mol. The molecule has 0 aromatic carbocycles. The zero-order chi connectivity index (χ0) is 13.0. The molecule has 0 saturated carbocycles. The molecule has 18 heavy (non-hydrogen) atoms. The molecule has 0 bridgehead atoms. The van der Waals surface area contributed by atoms with E-state index in [1.165, 1.54) is 6.07 Å². The molecule has 0 amide bonds. The first kappa shape index (κ1) is 13.1. The fourth-order valence-corrected chi connectivity index (χ4v) is 2.45. The largest absolute Gasteiger partial charge is 0.398 e. The molecule has 1 aliphatic rings. The molecule has 1 saturated heterocycles. The van der Waals surface area contributed by atoms with Gasteiger partial charge in [0.05, 0.1) is 0 Å². The Morgan fingerprint density at radius 3 is 2.94 bits per heavy atom. The van der Waals surface area contributed by atoms with Gasteiger partial charge in [0.25, 0.3) is 5.56 Å². The molecule has 2 rings (SSSR count). The minimum atomic E-state index is -0.00106. The molecule has 1 aromatic heterocycles. The quantitative estimate of drug-likeness (QED) is 0.780. The van der Waals surface area contributed by atoms with Crippen molar-refractivity contribution in [3.05, 3.63) is 28.7 Å². The SMILES string of the molecule is Nc1ccc(=O)n(CCCN2CCC(CO)C2)c1. The number of nitrogens with zero attached hydrogens (tertiary/aromatic N) is 2. The zero-order valence-corrected chi connectivity index (χ0v) is 10.6. The Labute approximate surface area is 107 Å². The molecule has 1 atom stereocenters. The summed E-state index contributed by atoms with van der Waals surface area (Å²) in [4.78, 5) is 13.9. The number of aliphatic hydroxyl groups excluding tert-OH is 1.